The van der Waals surface area contributed by atoms with Crippen LogP contribution in [0.1, 0.15) is 18.9 Å². The van der Waals surface area contributed by atoms with Crippen molar-refractivity contribution in [2.45, 2.75) is 25.9 Å². The molecule has 0 radical (unpaired) electrons. The normalized spacial score (nSPS) is 12.8. The number of benzene rings is 1. The molecule has 1 unspecified atom stereocenters. The van der Waals surface area contributed by atoms with Crippen molar-refractivity contribution in [2.75, 3.05) is 13.2 Å². The second-order valence-electron chi connectivity index (χ2n) is 3.59. The Hall–Kier alpha value is -0.640. The smallest absolute Gasteiger partial charge is 0.142 e. The summed E-state index contributed by atoms with van der Waals surface area (Å²) < 4.78 is 18.2. The first-order valence-electron chi connectivity index (χ1n) is 5.33. The van der Waals surface area contributed by atoms with E-state index in [4.69, 9.17) is 16.3 Å². The highest BCUT2D eigenvalue weighted by Gasteiger charge is 2.07. The summed E-state index contributed by atoms with van der Waals surface area (Å²) in [5, 5.41) is 9.76. The Labute approximate surface area is 100.0 Å². The van der Waals surface area contributed by atoms with Gasteiger partial charge in [0, 0.05) is 13.2 Å². The summed E-state index contributed by atoms with van der Waals surface area (Å²) in [4.78, 5) is 0. The summed E-state index contributed by atoms with van der Waals surface area (Å²) in [6.07, 6.45) is 0.464. The molecule has 4 heteroatoms. The van der Waals surface area contributed by atoms with Crippen molar-refractivity contribution in [2.24, 2.45) is 0 Å². The fourth-order valence-electron chi connectivity index (χ4n) is 1.40. The molecule has 0 heterocycles. The minimum absolute atomic E-state index is 0.104. The molecule has 1 rings (SSSR count). The lowest BCUT2D eigenvalue weighted by Gasteiger charge is -2.10. The topological polar surface area (TPSA) is 29.5 Å². The highest BCUT2D eigenvalue weighted by molar-refractivity contribution is 6.30. The number of hydrogen-bond donors (Lipinski definition) is 1. The second kappa shape index (κ2) is 6.84. The van der Waals surface area contributed by atoms with Gasteiger partial charge in [0.15, 0.2) is 0 Å². The van der Waals surface area contributed by atoms with E-state index < -0.39 is 11.9 Å². The van der Waals surface area contributed by atoms with E-state index in [9.17, 15) is 9.50 Å². The Morgan fingerprint density at radius 2 is 2.25 bits per heavy atom. The van der Waals surface area contributed by atoms with Crippen molar-refractivity contribution in [3.05, 3.63) is 34.6 Å². The van der Waals surface area contributed by atoms with Crippen LogP contribution in [0.15, 0.2) is 18.2 Å². The molecule has 0 aliphatic heterocycles. The van der Waals surface area contributed by atoms with Crippen molar-refractivity contribution in [1.82, 2.24) is 0 Å². The molecule has 1 N–H and O–H groups in total. The van der Waals surface area contributed by atoms with Crippen LogP contribution in [0.25, 0.3) is 0 Å². The predicted molar refractivity (Wildman–Crippen MR) is 62.2 cm³/mol. The van der Waals surface area contributed by atoms with Crippen LogP contribution in [0, 0.1) is 5.82 Å². The molecule has 0 fully saturated rings. The Morgan fingerprint density at radius 1 is 1.50 bits per heavy atom. The van der Waals surface area contributed by atoms with Gasteiger partial charge in [0.1, 0.15) is 5.82 Å². The fraction of sp³-hybridized carbons (Fsp3) is 0.500. The monoisotopic (exact) mass is 246 g/mol. The number of hydrogen-bond acceptors (Lipinski definition) is 2. The van der Waals surface area contributed by atoms with Crippen LogP contribution in [0.5, 0.6) is 0 Å². The molecule has 1 atom stereocenters. The lowest BCUT2D eigenvalue weighted by molar-refractivity contribution is 0.0887. The number of aliphatic hydroxyl groups is 1. The Kier molecular flexibility index (Phi) is 5.74. The SMILES string of the molecule is CCOCCC(O)Cc1ccc(Cl)c(F)c1. The summed E-state index contributed by atoms with van der Waals surface area (Å²) in [6, 6.07) is 4.57. The van der Waals surface area contributed by atoms with E-state index in [1.54, 1.807) is 6.07 Å². The molecule has 0 amide bonds. The van der Waals surface area contributed by atoms with Gasteiger partial charge in [-0.05, 0) is 37.5 Å². The molecular formula is C12H16ClFO2. The molecule has 0 aliphatic rings. The first-order chi connectivity index (χ1) is 7.63. The van der Waals surface area contributed by atoms with Gasteiger partial charge in [-0.1, -0.05) is 17.7 Å². The molecule has 0 aromatic heterocycles. The van der Waals surface area contributed by atoms with Crippen molar-refractivity contribution in [3.63, 3.8) is 0 Å². The summed E-state index contributed by atoms with van der Waals surface area (Å²) in [7, 11) is 0. The zero-order chi connectivity index (χ0) is 12.0. The summed E-state index contributed by atoms with van der Waals surface area (Å²) in [5.41, 5.74) is 0.742. The van der Waals surface area contributed by atoms with Gasteiger partial charge in [-0.2, -0.15) is 0 Å². The number of halogens is 2. The molecule has 0 bridgehead atoms. The maximum atomic E-state index is 13.1. The van der Waals surface area contributed by atoms with Crippen molar-refractivity contribution in [3.8, 4) is 0 Å². The Balaban J connectivity index is 2.43. The van der Waals surface area contributed by atoms with Crippen LogP contribution in [0.4, 0.5) is 4.39 Å². The van der Waals surface area contributed by atoms with Gasteiger partial charge < -0.3 is 9.84 Å². The molecule has 90 valence electrons. The zero-order valence-corrected chi connectivity index (χ0v) is 10.0. The second-order valence-corrected chi connectivity index (χ2v) is 4.00. The van der Waals surface area contributed by atoms with Gasteiger partial charge in [0.05, 0.1) is 11.1 Å². The molecule has 16 heavy (non-hydrogen) atoms. The van der Waals surface area contributed by atoms with Gasteiger partial charge in [0.25, 0.3) is 0 Å². The highest BCUT2D eigenvalue weighted by Crippen LogP contribution is 2.17. The fourth-order valence-corrected chi connectivity index (χ4v) is 1.52. The van der Waals surface area contributed by atoms with Gasteiger partial charge in [0.2, 0.25) is 0 Å². The number of aliphatic hydroxyl groups excluding tert-OH is 1. The maximum absolute atomic E-state index is 13.1. The molecule has 0 saturated heterocycles. The molecule has 0 saturated carbocycles. The van der Waals surface area contributed by atoms with Crippen molar-refractivity contribution < 1.29 is 14.2 Å². The molecule has 1 aromatic rings. The van der Waals surface area contributed by atoms with E-state index in [2.05, 4.69) is 0 Å². The van der Waals surface area contributed by atoms with E-state index in [1.165, 1.54) is 12.1 Å². The van der Waals surface area contributed by atoms with Crippen LogP contribution in [0.2, 0.25) is 5.02 Å². The van der Waals surface area contributed by atoms with Gasteiger partial charge in [-0.15, -0.1) is 0 Å². The van der Waals surface area contributed by atoms with E-state index in [0.29, 0.717) is 26.1 Å². The number of rotatable bonds is 6. The lowest BCUT2D eigenvalue weighted by atomic mass is 10.1. The highest BCUT2D eigenvalue weighted by atomic mass is 35.5. The summed E-state index contributed by atoms with van der Waals surface area (Å²) in [5.74, 6) is -0.448. The molecule has 0 aliphatic carbocycles. The van der Waals surface area contributed by atoms with Crippen LogP contribution < -0.4 is 0 Å². The third-order valence-electron chi connectivity index (χ3n) is 2.25. The van der Waals surface area contributed by atoms with Crippen LogP contribution in [0.3, 0.4) is 0 Å². The minimum Gasteiger partial charge on any atom is -0.393 e. The van der Waals surface area contributed by atoms with Crippen molar-refractivity contribution >= 4 is 11.6 Å². The maximum Gasteiger partial charge on any atom is 0.142 e. The van der Waals surface area contributed by atoms with E-state index in [-0.39, 0.29) is 5.02 Å². The molecule has 1 aromatic carbocycles. The largest absolute Gasteiger partial charge is 0.393 e. The van der Waals surface area contributed by atoms with Crippen LogP contribution in [-0.4, -0.2) is 24.4 Å². The Morgan fingerprint density at radius 3 is 2.88 bits per heavy atom. The first kappa shape index (κ1) is 13.4. The van der Waals surface area contributed by atoms with Crippen LogP contribution >= 0.6 is 11.6 Å². The van der Waals surface area contributed by atoms with Crippen molar-refractivity contribution in [1.29, 1.82) is 0 Å². The summed E-state index contributed by atoms with van der Waals surface area (Å²) >= 11 is 5.56. The van der Waals surface area contributed by atoms with E-state index in [0.717, 1.165) is 5.56 Å². The van der Waals surface area contributed by atoms with Gasteiger partial charge in [-0.25, -0.2) is 4.39 Å². The standard InChI is InChI=1S/C12H16ClFO2/c1-2-16-6-5-10(15)7-9-3-4-11(13)12(14)8-9/h3-4,8,10,15H,2,5-7H2,1H3. The average Bonchev–Trinajstić information content (AvgIpc) is 2.24. The van der Waals surface area contributed by atoms with Gasteiger partial charge >= 0.3 is 0 Å². The minimum atomic E-state index is -0.507. The molecule has 0 spiro atoms. The van der Waals surface area contributed by atoms with Crippen LogP contribution in [-0.2, 0) is 11.2 Å². The molecule has 2 nitrogen and oxygen atoms in total. The third-order valence-corrected chi connectivity index (χ3v) is 2.56. The Bertz CT molecular complexity index is 331. The first-order valence-corrected chi connectivity index (χ1v) is 5.71. The summed E-state index contributed by atoms with van der Waals surface area (Å²) in [6.45, 7) is 3.07. The number of ether oxygens (including phenoxy) is 1. The van der Waals surface area contributed by atoms with E-state index in [1.807, 2.05) is 6.92 Å². The van der Waals surface area contributed by atoms with E-state index >= 15 is 0 Å². The predicted octanol–water partition coefficient (Wildman–Crippen LogP) is 2.81. The average molecular weight is 247 g/mol. The quantitative estimate of drug-likeness (QED) is 0.783. The molecular weight excluding hydrogens is 231 g/mol. The lowest BCUT2D eigenvalue weighted by Crippen LogP contribution is -2.13. The van der Waals surface area contributed by atoms with Gasteiger partial charge in [-0.3, -0.25) is 0 Å². The third kappa shape index (κ3) is 4.47. The zero-order valence-electron chi connectivity index (χ0n) is 9.25.